The minimum Gasteiger partial charge on any atom is -0.497 e. The summed E-state index contributed by atoms with van der Waals surface area (Å²) in [6, 6.07) is 11.8. The van der Waals surface area contributed by atoms with Gasteiger partial charge in [-0.15, -0.1) is 4.91 Å². The molecule has 1 heterocycles. The van der Waals surface area contributed by atoms with E-state index in [2.05, 4.69) is 16.5 Å². The van der Waals surface area contributed by atoms with Crippen LogP contribution in [0.5, 0.6) is 5.75 Å². The number of nitrogens with zero attached hydrogens (tertiary/aromatic N) is 2. The van der Waals surface area contributed by atoms with Crippen molar-refractivity contribution in [3.8, 4) is 5.75 Å². The number of rotatable bonds is 8. The summed E-state index contributed by atoms with van der Waals surface area (Å²) in [5, 5.41) is 2.12. The second-order valence-corrected chi connectivity index (χ2v) is 8.96. The molecule has 2 aromatic carbocycles. The van der Waals surface area contributed by atoms with Crippen molar-refractivity contribution in [2.45, 2.75) is 36.9 Å². The fourth-order valence-electron chi connectivity index (χ4n) is 3.73. The van der Waals surface area contributed by atoms with Crippen LogP contribution in [0.3, 0.4) is 0 Å². The van der Waals surface area contributed by atoms with Gasteiger partial charge in [-0.3, -0.25) is 4.79 Å². The summed E-state index contributed by atoms with van der Waals surface area (Å²) in [4.78, 5) is 25.7. The van der Waals surface area contributed by atoms with Crippen molar-refractivity contribution in [2.75, 3.05) is 33.9 Å². The maximum atomic E-state index is 12.6. The molecule has 0 aliphatic carbocycles. The Bertz CT molecular complexity index is 865. The van der Waals surface area contributed by atoms with E-state index in [1.165, 1.54) is 0 Å². The Labute approximate surface area is 176 Å². The molecule has 156 valence electrons. The molecule has 1 saturated heterocycles. The summed E-state index contributed by atoms with van der Waals surface area (Å²) < 4.78 is 13.7. The molecule has 0 spiro atoms. The van der Waals surface area contributed by atoms with Crippen LogP contribution in [0.2, 0.25) is 0 Å². The summed E-state index contributed by atoms with van der Waals surface area (Å²) in [5.41, 5.74) is 0.922. The molecule has 7 heteroatoms. The van der Waals surface area contributed by atoms with E-state index in [0.717, 1.165) is 60.0 Å². The van der Waals surface area contributed by atoms with Crippen molar-refractivity contribution in [3.63, 3.8) is 0 Å². The van der Waals surface area contributed by atoms with E-state index in [1.807, 2.05) is 43.3 Å². The first-order valence-corrected chi connectivity index (χ1v) is 10.7. The fourth-order valence-corrected chi connectivity index (χ4v) is 4.43. The van der Waals surface area contributed by atoms with Gasteiger partial charge in [0.1, 0.15) is 5.75 Å². The largest absolute Gasteiger partial charge is 0.497 e. The average molecular weight is 417 g/mol. The van der Waals surface area contributed by atoms with Crippen LogP contribution in [0.15, 0.2) is 41.0 Å². The molecule has 6 nitrogen and oxygen atoms in total. The Morgan fingerprint density at radius 2 is 1.90 bits per heavy atom. The Morgan fingerprint density at radius 1 is 1.21 bits per heavy atom. The summed E-state index contributed by atoms with van der Waals surface area (Å²) in [6.07, 6.45) is 2.40. The number of likely N-dealkylation sites (tertiary alicyclic amines) is 1. The molecule has 1 atom stereocenters. The molecular weight excluding hydrogens is 388 g/mol. The maximum Gasteiger partial charge on any atom is 0.313 e. The highest BCUT2D eigenvalue weighted by Crippen LogP contribution is 2.39. The maximum absolute atomic E-state index is 12.6. The van der Waals surface area contributed by atoms with E-state index in [-0.39, 0.29) is 16.6 Å². The Balaban J connectivity index is 1.60. The van der Waals surface area contributed by atoms with Crippen LogP contribution in [-0.4, -0.2) is 49.5 Å². The predicted octanol–water partition coefficient (Wildman–Crippen LogP) is 4.76. The normalized spacial score (nSPS) is 17.6. The number of carbonyl (C=O) groups excluding carboxylic acids is 1. The number of hydrogen-bond acceptors (Lipinski definition) is 7. The molecule has 0 radical (unpaired) electrons. The third-order valence-corrected chi connectivity index (χ3v) is 6.93. The van der Waals surface area contributed by atoms with Gasteiger partial charge in [0.15, 0.2) is 0 Å². The summed E-state index contributed by atoms with van der Waals surface area (Å²) in [6.45, 7) is 4.02. The van der Waals surface area contributed by atoms with Gasteiger partial charge < -0.3 is 14.4 Å². The van der Waals surface area contributed by atoms with Crippen LogP contribution in [0, 0.1) is 4.91 Å². The number of fused-ring (bicyclic) bond motifs is 1. The highest BCUT2D eigenvalue weighted by molar-refractivity contribution is 7.99. The van der Waals surface area contributed by atoms with Crippen molar-refractivity contribution in [1.29, 1.82) is 0 Å². The molecule has 1 aliphatic heterocycles. The molecule has 0 bridgehead atoms. The summed E-state index contributed by atoms with van der Waals surface area (Å²) in [5.74, 6) is 0.208. The van der Waals surface area contributed by atoms with Crippen LogP contribution >= 0.6 is 11.9 Å². The lowest BCUT2D eigenvalue weighted by molar-refractivity contribution is -0.145. The lowest BCUT2D eigenvalue weighted by atomic mass is 9.93. The van der Waals surface area contributed by atoms with E-state index < -0.39 is 0 Å². The zero-order chi connectivity index (χ0) is 20.9. The van der Waals surface area contributed by atoms with Crippen LogP contribution in [0.1, 0.15) is 37.7 Å². The van der Waals surface area contributed by atoms with E-state index in [4.69, 9.17) is 9.47 Å². The minimum absolute atomic E-state index is 0.222. The highest BCUT2D eigenvalue weighted by atomic mass is 32.2. The molecule has 1 fully saturated rings. The first-order valence-electron chi connectivity index (χ1n) is 9.90. The molecule has 29 heavy (non-hydrogen) atoms. The SMILES string of the molecule is COc1ccc2cc([C@H](C)C(=O)OCCC3(SN=O)CCN(C)CC3)ccc2c1. The van der Waals surface area contributed by atoms with Crippen molar-refractivity contribution < 1.29 is 14.3 Å². The molecule has 0 N–H and O–H groups in total. The van der Waals surface area contributed by atoms with Gasteiger partial charge in [-0.25, -0.2) is 0 Å². The number of esters is 1. The average Bonchev–Trinajstić information content (AvgIpc) is 2.74. The topological polar surface area (TPSA) is 68.2 Å². The molecule has 0 unspecified atom stereocenters. The standard InChI is InChI=1S/C22H28N2O4S/c1-16(17-4-5-19-15-20(27-3)7-6-18(19)14-17)21(25)28-13-10-22(29-23-26)8-11-24(2)12-9-22/h4-7,14-16H,8-13H2,1-3H3/t16-/m0/s1. The number of nitroso groups, excluding NO2 is 1. The minimum atomic E-state index is -0.355. The molecule has 3 rings (SSSR count). The molecule has 1 aliphatic rings. The molecule has 2 aromatic rings. The van der Waals surface area contributed by atoms with E-state index in [0.29, 0.717) is 13.0 Å². The highest BCUT2D eigenvalue weighted by Gasteiger charge is 2.35. The van der Waals surface area contributed by atoms with Gasteiger partial charge in [-0.1, -0.05) is 24.3 Å². The van der Waals surface area contributed by atoms with Gasteiger partial charge in [0, 0.05) is 21.3 Å². The lowest BCUT2D eigenvalue weighted by Gasteiger charge is -2.37. The van der Waals surface area contributed by atoms with Crippen molar-refractivity contribution in [1.82, 2.24) is 4.90 Å². The van der Waals surface area contributed by atoms with Gasteiger partial charge in [-0.05, 0) is 74.8 Å². The molecule has 0 amide bonds. The lowest BCUT2D eigenvalue weighted by Crippen LogP contribution is -2.41. The first kappa shape index (κ1) is 21.6. The van der Waals surface area contributed by atoms with Crippen LogP contribution in [0.25, 0.3) is 10.8 Å². The fraction of sp³-hybridized carbons (Fsp3) is 0.500. The first-order chi connectivity index (χ1) is 14.0. The number of ether oxygens (including phenoxy) is 2. The number of piperidine rings is 1. The van der Waals surface area contributed by atoms with Crippen LogP contribution < -0.4 is 4.74 Å². The van der Waals surface area contributed by atoms with Crippen molar-refractivity contribution in [2.24, 2.45) is 4.58 Å². The Morgan fingerprint density at radius 3 is 2.59 bits per heavy atom. The van der Waals surface area contributed by atoms with Crippen molar-refractivity contribution in [3.05, 3.63) is 46.9 Å². The number of methoxy groups -OCH3 is 1. The molecule has 0 aromatic heterocycles. The van der Waals surface area contributed by atoms with Crippen LogP contribution in [-0.2, 0) is 9.53 Å². The summed E-state index contributed by atoms with van der Waals surface area (Å²) in [7, 11) is 3.72. The second kappa shape index (κ2) is 9.59. The van der Waals surface area contributed by atoms with Gasteiger partial charge >= 0.3 is 5.97 Å². The third-order valence-electron chi connectivity index (χ3n) is 5.86. The van der Waals surface area contributed by atoms with Crippen molar-refractivity contribution >= 4 is 28.7 Å². The quantitative estimate of drug-likeness (QED) is 0.351. The monoisotopic (exact) mass is 416 g/mol. The summed E-state index contributed by atoms with van der Waals surface area (Å²) >= 11 is 1.10. The van der Waals surface area contributed by atoms with Crippen LogP contribution in [0.4, 0.5) is 0 Å². The number of hydrogen-bond donors (Lipinski definition) is 0. The zero-order valence-corrected chi connectivity index (χ0v) is 18.0. The van der Waals surface area contributed by atoms with E-state index >= 15 is 0 Å². The smallest absolute Gasteiger partial charge is 0.313 e. The predicted molar refractivity (Wildman–Crippen MR) is 117 cm³/mol. The Hall–Kier alpha value is -2.12. The van der Waals surface area contributed by atoms with Gasteiger partial charge in [0.25, 0.3) is 0 Å². The van der Waals surface area contributed by atoms with Gasteiger partial charge in [0.2, 0.25) is 0 Å². The number of benzene rings is 2. The van der Waals surface area contributed by atoms with Gasteiger partial charge in [0.05, 0.1) is 19.6 Å². The molecular formula is C22H28N2O4S. The van der Waals surface area contributed by atoms with E-state index in [9.17, 15) is 9.70 Å². The van der Waals surface area contributed by atoms with E-state index in [1.54, 1.807) is 7.11 Å². The third kappa shape index (κ3) is 5.28. The molecule has 0 saturated carbocycles. The number of carbonyl (C=O) groups is 1. The second-order valence-electron chi connectivity index (χ2n) is 7.76. The Kier molecular flexibility index (Phi) is 7.14. The van der Waals surface area contributed by atoms with Gasteiger partial charge in [-0.2, -0.15) is 0 Å². The zero-order valence-electron chi connectivity index (χ0n) is 17.2.